The summed E-state index contributed by atoms with van der Waals surface area (Å²) in [6, 6.07) is 6.24. The van der Waals surface area contributed by atoms with Gasteiger partial charge in [0.15, 0.2) is 0 Å². The van der Waals surface area contributed by atoms with Crippen molar-refractivity contribution in [2.45, 2.75) is 25.8 Å². The van der Waals surface area contributed by atoms with Crippen molar-refractivity contribution in [3.63, 3.8) is 0 Å². The Kier molecular flexibility index (Phi) is 2.77. The lowest BCUT2D eigenvalue weighted by atomic mass is 10.2. The van der Waals surface area contributed by atoms with Crippen LogP contribution in [-0.2, 0) is 0 Å². The number of nitrogens with one attached hydrogen (secondary N) is 1. The molecule has 0 saturated carbocycles. The molecule has 0 spiro atoms. The highest BCUT2D eigenvalue weighted by molar-refractivity contribution is 5.83. The highest BCUT2D eigenvalue weighted by Gasteiger charge is 2.11. The van der Waals surface area contributed by atoms with Gasteiger partial charge < -0.3 is 5.32 Å². The maximum Gasteiger partial charge on any atom is 0.0968 e. The van der Waals surface area contributed by atoms with E-state index in [-0.39, 0.29) is 6.04 Å². The molecule has 1 aliphatic heterocycles. The van der Waals surface area contributed by atoms with Crippen LogP contribution in [0.1, 0.15) is 31.5 Å². The Labute approximate surface area is 84.3 Å². The van der Waals surface area contributed by atoms with E-state index in [1.165, 1.54) is 6.42 Å². The molecule has 2 rings (SSSR count). The molecule has 1 aliphatic rings. The molecule has 0 saturated heterocycles. The van der Waals surface area contributed by atoms with Crippen LogP contribution in [0.25, 0.3) is 0 Å². The molecule has 1 aromatic heterocycles. The molecule has 1 N–H and O–H groups in total. The number of hydrogen-bond donors (Lipinski definition) is 1. The van der Waals surface area contributed by atoms with Crippen molar-refractivity contribution in [2.24, 2.45) is 4.99 Å². The molecule has 3 heteroatoms. The average molecular weight is 189 g/mol. The second-order valence-electron chi connectivity index (χ2n) is 3.55. The number of amidine groups is 1. The molecule has 0 fully saturated rings. The zero-order valence-electron chi connectivity index (χ0n) is 8.40. The molecule has 0 unspecified atom stereocenters. The molecule has 1 aromatic rings. The smallest absolute Gasteiger partial charge is 0.0968 e. The van der Waals surface area contributed by atoms with Gasteiger partial charge in [0.25, 0.3) is 0 Å². The van der Waals surface area contributed by atoms with Gasteiger partial charge in [0.1, 0.15) is 0 Å². The van der Waals surface area contributed by atoms with Crippen LogP contribution in [0.4, 0.5) is 0 Å². The molecule has 14 heavy (non-hydrogen) atoms. The molecule has 0 aromatic carbocycles. The van der Waals surface area contributed by atoms with Crippen LogP contribution >= 0.6 is 0 Å². The van der Waals surface area contributed by atoms with Gasteiger partial charge in [-0.3, -0.25) is 9.98 Å². The summed E-state index contributed by atoms with van der Waals surface area (Å²) in [7, 11) is 0. The molecular weight excluding hydrogens is 174 g/mol. The van der Waals surface area contributed by atoms with Crippen molar-refractivity contribution >= 4 is 5.84 Å². The highest BCUT2D eigenvalue weighted by atomic mass is 15.0. The van der Waals surface area contributed by atoms with E-state index in [2.05, 4.69) is 22.2 Å². The fourth-order valence-corrected chi connectivity index (χ4v) is 1.61. The first-order valence-electron chi connectivity index (χ1n) is 5.07. The van der Waals surface area contributed by atoms with E-state index < -0.39 is 0 Å². The second kappa shape index (κ2) is 4.22. The minimum Gasteiger partial charge on any atom is -0.366 e. The topological polar surface area (TPSA) is 37.3 Å². The monoisotopic (exact) mass is 189 g/mol. The van der Waals surface area contributed by atoms with Crippen molar-refractivity contribution in [2.75, 3.05) is 6.54 Å². The van der Waals surface area contributed by atoms with Crippen molar-refractivity contribution in [1.82, 2.24) is 10.3 Å². The first kappa shape index (κ1) is 9.19. The van der Waals surface area contributed by atoms with E-state index in [9.17, 15) is 0 Å². The van der Waals surface area contributed by atoms with E-state index in [1.54, 1.807) is 0 Å². The number of aliphatic imine (C=N–C) groups is 1. The van der Waals surface area contributed by atoms with Crippen LogP contribution in [0, 0.1) is 0 Å². The minimum absolute atomic E-state index is 0.257. The highest BCUT2D eigenvalue weighted by Crippen LogP contribution is 2.10. The largest absolute Gasteiger partial charge is 0.366 e. The molecule has 0 aliphatic carbocycles. The van der Waals surface area contributed by atoms with Gasteiger partial charge in [0.05, 0.1) is 17.6 Å². The predicted molar refractivity (Wildman–Crippen MR) is 57.3 cm³/mol. The third-order valence-electron chi connectivity index (χ3n) is 2.39. The van der Waals surface area contributed by atoms with Gasteiger partial charge in [0.2, 0.25) is 0 Å². The summed E-state index contributed by atoms with van der Waals surface area (Å²) < 4.78 is 0. The third kappa shape index (κ3) is 2.10. The Balaban J connectivity index is 1.99. The van der Waals surface area contributed by atoms with Crippen molar-refractivity contribution < 1.29 is 0 Å². The summed E-state index contributed by atoms with van der Waals surface area (Å²) in [4.78, 5) is 8.68. The second-order valence-corrected chi connectivity index (χ2v) is 3.55. The maximum atomic E-state index is 4.38. The molecular formula is C11H15N3. The standard InChI is InChI=1S/C11H15N3/c1-9(10-5-2-3-7-12-10)14-11-6-4-8-13-11/h2-3,5,7,9H,4,6,8H2,1H3,(H,13,14)/t9-/m1/s1. The van der Waals surface area contributed by atoms with E-state index in [0.717, 1.165) is 24.5 Å². The molecule has 2 heterocycles. The van der Waals surface area contributed by atoms with Crippen LogP contribution in [0.2, 0.25) is 0 Å². The maximum absolute atomic E-state index is 4.38. The van der Waals surface area contributed by atoms with Gasteiger partial charge in [-0.15, -0.1) is 0 Å². The lowest BCUT2D eigenvalue weighted by Crippen LogP contribution is -2.25. The van der Waals surface area contributed by atoms with Gasteiger partial charge in [-0.05, 0) is 25.5 Å². The number of nitrogens with zero attached hydrogens (tertiary/aromatic N) is 2. The number of rotatable bonds is 2. The Morgan fingerprint density at radius 3 is 3.00 bits per heavy atom. The Morgan fingerprint density at radius 1 is 1.43 bits per heavy atom. The van der Waals surface area contributed by atoms with Gasteiger partial charge >= 0.3 is 0 Å². The Hall–Kier alpha value is -1.38. The van der Waals surface area contributed by atoms with Crippen LogP contribution in [0.3, 0.4) is 0 Å². The predicted octanol–water partition coefficient (Wildman–Crippen LogP) is 1.92. The zero-order chi connectivity index (χ0) is 9.80. The zero-order valence-corrected chi connectivity index (χ0v) is 8.40. The molecule has 1 atom stereocenters. The van der Waals surface area contributed by atoms with E-state index in [1.807, 2.05) is 24.4 Å². The number of pyridine rings is 1. The van der Waals surface area contributed by atoms with Crippen LogP contribution in [-0.4, -0.2) is 17.4 Å². The van der Waals surface area contributed by atoms with E-state index >= 15 is 0 Å². The van der Waals surface area contributed by atoms with Crippen LogP contribution < -0.4 is 5.32 Å². The SMILES string of the molecule is C[C@@H](NC1=NCCC1)c1ccccn1. The molecule has 74 valence electrons. The van der Waals surface area contributed by atoms with E-state index in [4.69, 9.17) is 0 Å². The molecule has 3 nitrogen and oxygen atoms in total. The van der Waals surface area contributed by atoms with Gasteiger partial charge in [-0.1, -0.05) is 6.07 Å². The Bertz CT molecular complexity index is 319. The normalized spacial score (nSPS) is 17.6. The number of hydrogen-bond acceptors (Lipinski definition) is 3. The summed E-state index contributed by atoms with van der Waals surface area (Å²) in [5.41, 5.74) is 1.07. The molecule has 0 amide bonds. The van der Waals surface area contributed by atoms with Gasteiger partial charge in [-0.25, -0.2) is 0 Å². The summed E-state index contributed by atoms with van der Waals surface area (Å²) in [6.07, 6.45) is 4.08. The van der Waals surface area contributed by atoms with Gasteiger partial charge in [-0.2, -0.15) is 0 Å². The summed E-state index contributed by atoms with van der Waals surface area (Å²) >= 11 is 0. The first-order chi connectivity index (χ1) is 6.86. The van der Waals surface area contributed by atoms with Crippen LogP contribution in [0.5, 0.6) is 0 Å². The van der Waals surface area contributed by atoms with Crippen molar-refractivity contribution in [1.29, 1.82) is 0 Å². The molecule has 0 bridgehead atoms. The van der Waals surface area contributed by atoms with Crippen molar-refractivity contribution in [3.05, 3.63) is 30.1 Å². The number of aromatic nitrogens is 1. The lowest BCUT2D eigenvalue weighted by molar-refractivity contribution is 0.685. The third-order valence-corrected chi connectivity index (χ3v) is 2.39. The minimum atomic E-state index is 0.257. The average Bonchev–Trinajstić information content (AvgIpc) is 2.72. The summed E-state index contributed by atoms with van der Waals surface area (Å²) in [5, 5.41) is 3.38. The summed E-state index contributed by atoms with van der Waals surface area (Å²) in [6.45, 7) is 3.08. The fraction of sp³-hybridized carbons (Fsp3) is 0.455. The van der Waals surface area contributed by atoms with E-state index in [0.29, 0.717) is 0 Å². The quantitative estimate of drug-likeness (QED) is 0.771. The fourth-order valence-electron chi connectivity index (χ4n) is 1.61. The Morgan fingerprint density at radius 2 is 2.36 bits per heavy atom. The first-order valence-corrected chi connectivity index (χ1v) is 5.07. The lowest BCUT2D eigenvalue weighted by Gasteiger charge is -2.13. The van der Waals surface area contributed by atoms with Gasteiger partial charge in [0, 0.05) is 19.2 Å². The van der Waals surface area contributed by atoms with Crippen LogP contribution in [0.15, 0.2) is 29.4 Å². The molecule has 0 radical (unpaired) electrons. The summed E-state index contributed by atoms with van der Waals surface area (Å²) in [5.74, 6) is 1.13. The van der Waals surface area contributed by atoms with Crippen molar-refractivity contribution in [3.8, 4) is 0 Å².